The Kier molecular flexibility index (Phi) is 3.48. The molecule has 0 saturated heterocycles. The summed E-state index contributed by atoms with van der Waals surface area (Å²) < 4.78 is 0.554. The summed E-state index contributed by atoms with van der Waals surface area (Å²) in [6, 6.07) is 2.30. The van der Waals surface area contributed by atoms with Gasteiger partial charge >= 0.3 is 0 Å². The highest BCUT2D eigenvalue weighted by atomic mass is 35.5. The van der Waals surface area contributed by atoms with Crippen molar-refractivity contribution >= 4 is 22.9 Å². The first-order chi connectivity index (χ1) is 7.68. The third-order valence-corrected chi connectivity index (χ3v) is 4.39. The Morgan fingerprint density at radius 1 is 1.50 bits per heavy atom. The summed E-state index contributed by atoms with van der Waals surface area (Å²) >= 11 is 7.05. The van der Waals surface area contributed by atoms with E-state index < -0.39 is 11.5 Å². The highest BCUT2D eigenvalue weighted by molar-refractivity contribution is 7.15. The molecular weight excluding hydrogens is 244 g/mol. The first kappa shape index (κ1) is 11.8. The molecule has 1 aromatic rings. The Hall–Kier alpha value is -0.630. The van der Waals surface area contributed by atoms with Gasteiger partial charge in [-0.05, 0) is 12.8 Å². The molecule has 1 fully saturated rings. The summed E-state index contributed by atoms with van der Waals surface area (Å²) in [6.07, 6.45) is 5.39. The molecule has 2 rings (SSSR count). The first-order valence-corrected chi connectivity index (χ1v) is 6.58. The van der Waals surface area contributed by atoms with Crippen LogP contribution in [-0.2, 0) is 0 Å². The number of hydrogen-bond donors (Lipinski definition) is 1. The summed E-state index contributed by atoms with van der Waals surface area (Å²) in [5, 5.41) is 20.2. The fraction of sp³-hybridized carbons (Fsp3) is 0.636. The molecule has 0 amide bonds. The number of hydrogen-bond acceptors (Lipinski definition) is 4. The number of aromatic nitrogens is 1. The second-order valence-electron chi connectivity index (χ2n) is 4.23. The lowest BCUT2D eigenvalue weighted by Gasteiger charge is -2.33. The summed E-state index contributed by atoms with van der Waals surface area (Å²) in [6.45, 7) is 0. The summed E-state index contributed by atoms with van der Waals surface area (Å²) in [4.78, 5) is 4.07. The average Bonchev–Trinajstić information content (AvgIpc) is 2.76. The minimum atomic E-state index is -0.796. The Bertz CT molecular complexity index is 406. The van der Waals surface area contributed by atoms with Crippen molar-refractivity contribution in [2.45, 2.75) is 38.2 Å². The molecule has 0 aromatic carbocycles. The van der Waals surface area contributed by atoms with E-state index in [1.165, 1.54) is 17.5 Å². The number of nitriles is 1. The van der Waals surface area contributed by atoms with Crippen molar-refractivity contribution in [3.05, 3.63) is 15.5 Å². The Labute approximate surface area is 104 Å². The van der Waals surface area contributed by atoms with E-state index in [9.17, 15) is 10.4 Å². The fourth-order valence-corrected chi connectivity index (χ4v) is 3.29. The molecule has 1 N–H and O–H groups in total. The van der Waals surface area contributed by atoms with E-state index in [4.69, 9.17) is 11.6 Å². The third kappa shape index (κ3) is 2.08. The Morgan fingerprint density at radius 2 is 2.19 bits per heavy atom. The number of aliphatic hydroxyl groups is 1. The van der Waals surface area contributed by atoms with Crippen LogP contribution in [0.3, 0.4) is 0 Å². The smallest absolute Gasteiger partial charge is 0.124 e. The predicted molar refractivity (Wildman–Crippen MR) is 63.2 cm³/mol. The van der Waals surface area contributed by atoms with Crippen molar-refractivity contribution in [1.29, 1.82) is 5.26 Å². The molecule has 0 bridgehead atoms. The predicted octanol–water partition coefficient (Wildman–Crippen LogP) is 3.30. The molecule has 1 aromatic heterocycles. The van der Waals surface area contributed by atoms with Crippen molar-refractivity contribution in [2.75, 3.05) is 0 Å². The minimum Gasteiger partial charge on any atom is -0.384 e. The van der Waals surface area contributed by atoms with E-state index in [1.54, 1.807) is 0 Å². The average molecular weight is 257 g/mol. The molecule has 0 radical (unpaired) electrons. The standard InChI is InChI=1S/C11H13ClN2OS/c12-8-6-14-10(16-8)9(15)11(7-13)4-2-1-3-5-11/h6,9,15H,1-5H2. The second-order valence-corrected chi connectivity index (χ2v) is 5.93. The van der Waals surface area contributed by atoms with E-state index in [0.29, 0.717) is 9.34 Å². The SMILES string of the molecule is N#CC1(C(O)c2ncc(Cl)s2)CCCCC1. The molecule has 1 saturated carbocycles. The number of halogens is 1. The van der Waals surface area contributed by atoms with Crippen molar-refractivity contribution in [3.8, 4) is 6.07 Å². The van der Waals surface area contributed by atoms with E-state index in [1.807, 2.05) is 0 Å². The van der Waals surface area contributed by atoms with Crippen LogP contribution in [0.25, 0.3) is 0 Å². The topological polar surface area (TPSA) is 56.9 Å². The largest absolute Gasteiger partial charge is 0.384 e. The third-order valence-electron chi connectivity index (χ3n) is 3.22. The molecule has 16 heavy (non-hydrogen) atoms. The summed E-state index contributed by atoms with van der Waals surface area (Å²) in [5.41, 5.74) is -0.653. The highest BCUT2D eigenvalue weighted by Gasteiger charge is 2.41. The second kappa shape index (κ2) is 4.70. The molecule has 1 aliphatic carbocycles. The quantitative estimate of drug-likeness (QED) is 0.883. The minimum absolute atomic E-state index is 0.554. The maximum atomic E-state index is 10.3. The van der Waals surface area contributed by atoms with E-state index in [0.717, 1.165) is 32.1 Å². The number of aliphatic hydroxyl groups excluding tert-OH is 1. The van der Waals surface area contributed by atoms with E-state index >= 15 is 0 Å². The summed E-state index contributed by atoms with van der Waals surface area (Å²) in [5.74, 6) is 0. The van der Waals surface area contributed by atoms with Gasteiger partial charge in [-0.15, -0.1) is 11.3 Å². The van der Waals surface area contributed by atoms with Crippen LogP contribution in [0, 0.1) is 16.7 Å². The molecule has 1 unspecified atom stereocenters. The van der Waals surface area contributed by atoms with Crippen molar-refractivity contribution in [3.63, 3.8) is 0 Å². The van der Waals surface area contributed by atoms with Crippen molar-refractivity contribution in [2.24, 2.45) is 5.41 Å². The van der Waals surface area contributed by atoms with Crippen LogP contribution in [0.1, 0.15) is 43.2 Å². The van der Waals surface area contributed by atoms with Crippen LogP contribution in [-0.4, -0.2) is 10.1 Å². The van der Waals surface area contributed by atoms with Gasteiger partial charge in [-0.3, -0.25) is 0 Å². The maximum Gasteiger partial charge on any atom is 0.124 e. The van der Waals surface area contributed by atoms with Crippen LogP contribution in [0.5, 0.6) is 0 Å². The normalized spacial score (nSPS) is 21.3. The monoisotopic (exact) mass is 256 g/mol. The van der Waals surface area contributed by atoms with E-state index in [-0.39, 0.29) is 0 Å². The van der Waals surface area contributed by atoms with Crippen LogP contribution in [0.4, 0.5) is 0 Å². The molecular formula is C11H13ClN2OS. The lowest BCUT2D eigenvalue weighted by Crippen LogP contribution is -2.29. The van der Waals surface area contributed by atoms with Gasteiger partial charge < -0.3 is 5.11 Å². The van der Waals surface area contributed by atoms with Gasteiger partial charge in [-0.1, -0.05) is 30.9 Å². The lowest BCUT2D eigenvalue weighted by molar-refractivity contribution is 0.0358. The molecule has 0 aliphatic heterocycles. The zero-order valence-electron chi connectivity index (χ0n) is 8.82. The number of thiazole rings is 1. The number of nitrogens with zero attached hydrogens (tertiary/aromatic N) is 2. The van der Waals surface area contributed by atoms with Crippen molar-refractivity contribution < 1.29 is 5.11 Å². The van der Waals surface area contributed by atoms with Gasteiger partial charge in [0.1, 0.15) is 15.4 Å². The van der Waals surface area contributed by atoms with Gasteiger partial charge in [-0.25, -0.2) is 4.98 Å². The summed E-state index contributed by atoms with van der Waals surface area (Å²) in [7, 11) is 0. The van der Waals surface area contributed by atoms with Crippen molar-refractivity contribution in [1.82, 2.24) is 4.98 Å². The van der Waals surface area contributed by atoms with Gasteiger partial charge in [0.2, 0.25) is 0 Å². The molecule has 1 atom stereocenters. The van der Waals surface area contributed by atoms with E-state index in [2.05, 4.69) is 11.1 Å². The molecule has 86 valence electrons. The Balaban J connectivity index is 2.24. The maximum absolute atomic E-state index is 10.3. The van der Waals surface area contributed by atoms with Crippen LogP contribution in [0.15, 0.2) is 6.20 Å². The molecule has 1 heterocycles. The molecule has 5 heteroatoms. The Morgan fingerprint density at radius 3 is 2.69 bits per heavy atom. The molecule has 3 nitrogen and oxygen atoms in total. The van der Waals surface area contributed by atoms with Gasteiger partial charge in [0.25, 0.3) is 0 Å². The van der Waals surface area contributed by atoms with Crippen LogP contribution < -0.4 is 0 Å². The van der Waals surface area contributed by atoms with Gasteiger partial charge in [0.05, 0.1) is 17.7 Å². The van der Waals surface area contributed by atoms with Crippen LogP contribution >= 0.6 is 22.9 Å². The van der Waals surface area contributed by atoms with Crippen LogP contribution in [0.2, 0.25) is 4.34 Å². The van der Waals surface area contributed by atoms with Gasteiger partial charge in [0, 0.05) is 0 Å². The van der Waals surface area contributed by atoms with Gasteiger partial charge in [-0.2, -0.15) is 5.26 Å². The highest BCUT2D eigenvalue weighted by Crippen LogP contribution is 2.46. The fourth-order valence-electron chi connectivity index (χ4n) is 2.26. The first-order valence-electron chi connectivity index (χ1n) is 5.38. The zero-order chi connectivity index (χ0) is 11.6. The lowest BCUT2D eigenvalue weighted by atomic mass is 9.71. The molecule has 0 spiro atoms. The zero-order valence-corrected chi connectivity index (χ0v) is 10.4. The van der Waals surface area contributed by atoms with Gasteiger partial charge in [0.15, 0.2) is 0 Å². The number of rotatable bonds is 2. The molecule has 1 aliphatic rings.